The number of hydrogen-bond donors (Lipinski definition) is 0. The number of alkyl halides is 1. The van der Waals surface area contributed by atoms with Crippen LogP contribution in [0.4, 0.5) is 0 Å². The van der Waals surface area contributed by atoms with Crippen molar-refractivity contribution in [3.05, 3.63) is 24.0 Å². The summed E-state index contributed by atoms with van der Waals surface area (Å²) in [6.45, 7) is 0. The quantitative estimate of drug-likeness (QED) is 0.812. The Morgan fingerprint density at radius 1 is 1.38 bits per heavy atom. The average molecular weight is 329 g/mol. The second-order valence-corrected chi connectivity index (χ2v) is 7.81. The smallest absolute Gasteiger partial charge is 0.150 e. The molecule has 5 nitrogen and oxygen atoms in total. The number of hydrogen-bond acceptors (Lipinski definition) is 4. The van der Waals surface area contributed by atoms with Crippen molar-refractivity contribution in [1.82, 2.24) is 9.55 Å². The fourth-order valence-corrected chi connectivity index (χ4v) is 4.60. The standard InChI is InChI=1S/C14H17ClN2O3S/c1-20-12-4-2-3-11-14(12)16-13(9-15)17(11)10-5-7-21(18,19)8-6-10/h2-4,10H,5-9H2,1H3. The van der Waals surface area contributed by atoms with Crippen molar-refractivity contribution in [1.29, 1.82) is 0 Å². The lowest BCUT2D eigenvalue weighted by Crippen LogP contribution is -2.26. The maximum Gasteiger partial charge on any atom is 0.150 e. The number of ether oxygens (including phenoxy) is 1. The molecular weight excluding hydrogens is 312 g/mol. The summed E-state index contributed by atoms with van der Waals surface area (Å²) in [6.07, 6.45) is 1.21. The van der Waals surface area contributed by atoms with Gasteiger partial charge in [-0.15, -0.1) is 11.6 Å². The number of para-hydroxylation sites is 1. The number of rotatable bonds is 3. The van der Waals surface area contributed by atoms with E-state index in [0.29, 0.717) is 24.5 Å². The Bertz CT molecular complexity index is 756. The normalized spacial score (nSPS) is 19.0. The lowest BCUT2D eigenvalue weighted by Gasteiger charge is -2.25. The highest BCUT2D eigenvalue weighted by Gasteiger charge is 2.28. The molecule has 0 saturated carbocycles. The third kappa shape index (κ3) is 2.62. The third-order valence-electron chi connectivity index (χ3n) is 3.98. The molecule has 1 aliphatic heterocycles. The van der Waals surface area contributed by atoms with Crippen molar-refractivity contribution in [2.45, 2.75) is 24.8 Å². The van der Waals surface area contributed by atoms with E-state index >= 15 is 0 Å². The second kappa shape index (κ2) is 5.50. The summed E-state index contributed by atoms with van der Waals surface area (Å²) in [5, 5.41) is 0. The summed E-state index contributed by atoms with van der Waals surface area (Å²) >= 11 is 6.03. The predicted molar refractivity (Wildman–Crippen MR) is 82.8 cm³/mol. The number of nitrogens with zero attached hydrogens (tertiary/aromatic N) is 2. The van der Waals surface area contributed by atoms with E-state index in [1.54, 1.807) is 7.11 Å². The molecule has 0 bridgehead atoms. The van der Waals surface area contributed by atoms with Gasteiger partial charge in [-0.25, -0.2) is 13.4 Å². The molecule has 0 radical (unpaired) electrons. The van der Waals surface area contributed by atoms with Crippen molar-refractivity contribution in [3.8, 4) is 5.75 Å². The van der Waals surface area contributed by atoms with Gasteiger partial charge in [-0.3, -0.25) is 0 Å². The summed E-state index contributed by atoms with van der Waals surface area (Å²) in [5.41, 5.74) is 1.73. The third-order valence-corrected chi connectivity index (χ3v) is 5.94. The van der Waals surface area contributed by atoms with E-state index in [-0.39, 0.29) is 17.5 Å². The topological polar surface area (TPSA) is 61.2 Å². The van der Waals surface area contributed by atoms with Crippen LogP contribution < -0.4 is 4.74 Å². The highest BCUT2D eigenvalue weighted by Crippen LogP contribution is 2.33. The molecule has 114 valence electrons. The Morgan fingerprint density at radius 2 is 2.10 bits per heavy atom. The SMILES string of the molecule is COc1cccc2c1nc(CCl)n2C1CCS(=O)(=O)CC1. The molecular formula is C14H17ClN2O3S. The average Bonchev–Trinajstić information content (AvgIpc) is 2.86. The number of methoxy groups -OCH3 is 1. The zero-order valence-electron chi connectivity index (χ0n) is 11.8. The van der Waals surface area contributed by atoms with E-state index in [4.69, 9.17) is 16.3 Å². The number of imidazole rings is 1. The van der Waals surface area contributed by atoms with Crippen molar-refractivity contribution >= 4 is 32.5 Å². The molecule has 0 amide bonds. The fourth-order valence-electron chi connectivity index (χ4n) is 2.94. The van der Waals surface area contributed by atoms with Gasteiger partial charge in [0.15, 0.2) is 0 Å². The minimum absolute atomic E-state index is 0.124. The lowest BCUT2D eigenvalue weighted by molar-refractivity contribution is 0.419. The molecule has 0 N–H and O–H groups in total. The molecule has 0 spiro atoms. The predicted octanol–water partition coefficient (Wildman–Crippen LogP) is 2.53. The molecule has 1 aliphatic rings. The Kier molecular flexibility index (Phi) is 3.84. The monoisotopic (exact) mass is 328 g/mol. The molecule has 1 aromatic heterocycles. The lowest BCUT2D eigenvalue weighted by atomic mass is 10.1. The molecule has 1 saturated heterocycles. The Morgan fingerprint density at radius 3 is 2.71 bits per heavy atom. The van der Waals surface area contributed by atoms with Crippen LogP contribution in [-0.4, -0.2) is 36.6 Å². The van der Waals surface area contributed by atoms with Crippen LogP contribution in [0.5, 0.6) is 5.75 Å². The van der Waals surface area contributed by atoms with Gasteiger partial charge in [0.25, 0.3) is 0 Å². The summed E-state index contributed by atoms with van der Waals surface area (Å²) in [5.74, 6) is 2.22. The summed E-state index contributed by atoms with van der Waals surface area (Å²) < 4.78 is 30.7. The number of sulfone groups is 1. The number of aromatic nitrogens is 2. The molecule has 21 heavy (non-hydrogen) atoms. The first-order valence-corrected chi connectivity index (χ1v) is 9.21. The highest BCUT2D eigenvalue weighted by atomic mass is 35.5. The van der Waals surface area contributed by atoms with Crippen molar-refractivity contribution in [2.24, 2.45) is 0 Å². The molecule has 0 atom stereocenters. The minimum Gasteiger partial charge on any atom is -0.494 e. The summed E-state index contributed by atoms with van der Waals surface area (Å²) in [6, 6.07) is 5.88. The molecule has 1 aromatic carbocycles. The van der Waals surface area contributed by atoms with Crippen LogP contribution in [0.3, 0.4) is 0 Å². The highest BCUT2D eigenvalue weighted by molar-refractivity contribution is 7.91. The van der Waals surface area contributed by atoms with Crippen molar-refractivity contribution in [3.63, 3.8) is 0 Å². The van der Waals surface area contributed by atoms with Crippen LogP contribution in [0.15, 0.2) is 18.2 Å². The van der Waals surface area contributed by atoms with Crippen LogP contribution in [-0.2, 0) is 15.7 Å². The first-order valence-electron chi connectivity index (χ1n) is 6.86. The summed E-state index contributed by atoms with van der Waals surface area (Å²) in [7, 11) is -1.27. The zero-order chi connectivity index (χ0) is 15.0. The van der Waals surface area contributed by atoms with Crippen LogP contribution in [0.25, 0.3) is 11.0 Å². The van der Waals surface area contributed by atoms with Crippen LogP contribution in [0.2, 0.25) is 0 Å². The van der Waals surface area contributed by atoms with E-state index in [0.717, 1.165) is 16.9 Å². The minimum atomic E-state index is -2.88. The van der Waals surface area contributed by atoms with E-state index < -0.39 is 9.84 Å². The van der Waals surface area contributed by atoms with Gasteiger partial charge in [0, 0.05) is 6.04 Å². The molecule has 1 fully saturated rings. The van der Waals surface area contributed by atoms with Crippen LogP contribution in [0.1, 0.15) is 24.7 Å². The van der Waals surface area contributed by atoms with E-state index in [1.807, 2.05) is 18.2 Å². The summed E-state index contributed by atoms with van der Waals surface area (Å²) in [4.78, 5) is 4.57. The molecule has 0 aliphatic carbocycles. The van der Waals surface area contributed by atoms with Gasteiger partial charge in [-0.2, -0.15) is 0 Å². The largest absolute Gasteiger partial charge is 0.494 e. The first-order chi connectivity index (χ1) is 10.1. The zero-order valence-corrected chi connectivity index (χ0v) is 13.3. The van der Waals surface area contributed by atoms with Gasteiger partial charge in [0.1, 0.15) is 26.9 Å². The number of fused-ring (bicyclic) bond motifs is 1. The first kappa shape index (κ1) is 14.7. The Hall–Kier alpha value is -1.27. The van der Waals surface area contributed by atoms with Crippen molar-refractivity contribution < 1.29 is 13.2 Å². The van der Waals surface area contributed by atoms with Gasteiger partial charge in [-0.05, 0) is 25.0 Å². The fraction of sp³-hybridized carbons (Fsp3) is 0.500. The van der Waals surface area contributed by atoms with Gasteiger partial charge < -0.3 is 9.30 Å². The number of benzene rings is 1. The van der Waals surface area contributed by atoms with Crippen molar-refractivity contribution in [2.75, 3.05) is 18.6 Å². The number of halogens is 1. The molecule has 2 heterocycles. The molecule has 3 rings (SSSR count). The molecule has 7 heteroatoms. The second-order valence-electron chi connectivity index (χ2n) is 5.24. The molecule has 0 unspecified atom stereocenters. The van der Waals surface area contributed by atoms with E-state index in [2.05, 4.69) is 9.55 Å². The maximum atomic E-state index is 11.6. The van der Waals surface area contributed by atoms with Gasteiger partial charge in [-0.1, -0.05) is 6.07 Å². The van der Waals surface area contributed by atoms with Gasteiger partial charge in [0.05, 0.1) is 30.0 Å². The van der Waals surface area contributed by atoms with Gasteiger partial charge >= 0.3 is 0 Å². The van der Waals surface area contributed by atoms with Crippen LogP contribution in [0, 0.1) is 0 Å². The Balaban J connectivity index is 2.09. The van der Waals surface area contributed by atoms with Crippen LogP contribution >= 0.6 is 11.6 Å². The molecule has 2 aromatic rings. The van der Waals surface area contributed by atoms with E-state index in [1.165, 1.54) is 0 Å². The Labute approximate surface area is 128 Å². The maximum absolute atomic E-state index is 11.6. The van der Waals surface area contributed by atoms with E-state index in [9.17, 15) is 8.42 Å². The van der Waals surface area contributed by atoms with Gasteiger partial charge in [0.2, 0.25) is 0 Å².